The molecule has 0 bridgehead atoms. The minimum atomic E-state index is -3.33. The molecule has 0 atom stereocenters. The molecule has 0 radical (unpaired) electrons. The quantitative estimate of drug-likeness (QED) is 0.846. The first kappa shape index (κ1) is 16.0. The zero-order valence-corrected chi connectivity index (χ0v) is 13.8. The Labute approximate surface area is 137 Å². The van der Waals surface area contributed by atoms with Crippen molar-refractivity contribution in [1.82, 2.24) is 13.9 Å². The van der Waals surface area contributed by atoms with E-state index < -0.39 is 10.0 Å². The fourth-order valence-electron chi connectivity index (χ4n) is 2.85. The summed E-state index contributed by atoms with van der Waals surface area (Å²) in [6, 6.07) is 9.49. The van der Waals surface area contributed by atoms with E-state index in [1.165, 1.54) is 5.41 Å². The Kier molecular flexibility index (Phi) is 4.93. The summed E-state index contributed by atoms with van der Waals surface area (Å²) in [5, 5.41) is 1.32. The molecule has 0 aliphatic carbocycles. The van der Waals surface area contributed by atoms with Gasteiger partial charge in [0, 0.05) is 37.4 Å². The maximum atomic E-state index is 12.4. The molecule has 23 heavy (non-hydrogen) atoms. The third kappa shape index (κ3) is 4.30. The third-order valence-corrected chi connectivity index (χ3v) is 5.76. The monoisotopic (exact) mass is 331 g/mol. The molecule has 1 fully saturated rings. The molecule has 1 aliphatic heterocycles. The molecule has 1 saturated heterocycles. The van der Waals surface area contributed by atoms with Crippen LogP contribution in [0.1, 0.15) is 18.4 Å². The number of hydrogen-bond acceptors (Lipinski definition) is 3. The second-order valence-corrected chi connectivity index (χ2v) is 7.68. The van der Waals surface area contributed by atoms with Crippen molar-refractivity contribution in [2.75, 3.05) is 13.1 Å². The van der Waals surface area contributed by atoms with Gasteiger partial charge in [0.15, 0.2) is 0 Å². The minimum Gasteiger partial charge on any atom is -0.337 e. The molecule has 0 amide bonds. The van der Waals surface area contributed by atoms with Gasteiger partial charge >= 0.3 is 0 Å². The Hall–Kier alpha value is -1.92. The van der Waals surface area contributed by atoms with Crippen molar-refractivity contribution in [3.8, 4) is 0 Å². The average Bonchev–Trinajstić information content (AvgIpc) is 3.08. The Morgan fingerprint density at radius 1 is 1.17 bits per heavy atom. The van der Waals surface area contributed by atoms with E-state index in [0.29, 0.717) is 19.0 Å². The van der Waals surface area contributed by atoms with Crippen molar-refractivity contribution in [1.29, 1.82) is 0 Å². The van der Waals surface area contributed by atoms with Crippen LogP contribution in [0.4, 0.5) is 0 Å². The van der Waals surface area contributed by atoms with Crippen LogP contribution in [-0.2, 0) is 16.6 Å². The van der Waals surface area contributed by atoms with Crippen LogP contribution in [0.15, 0.2) is 54.5 Å². The molecule has 122 valence electrons. The van der Waals surface area contributed by atoms with Gasteiger partial charge in [-0.1, -0.05) is 30.3 Å². The van der Waals surface area contributed by atoms with E-state index in [1.54, 1.807) is 16.6 Å². The Morgan fingerprint density at radius 2 is 1.91 bits per heavy atom. The summed E-state index contributed by atoms with van der Waals surface area (Å²) in [5.74, 6) is 0.508. The topological polar surface area (TPSA) is 55.2 Å². The van der Waals surface area contributed by atoms with Crippen molar-refractivity contribution in [2.45, 2.75) is 19.4 Å². The van der Waals surface area contributed by atoms with E-state index in [0.717, 1.165) is 24.9 Å². The second-order valence-electron chi connectivity index (χ2n) is 5.86. The molecule has 3 rings (SSSR count). The number of nitrogens with zero attached hydrogens (tertiary/aromatic N) is 3. The van der Waals surface area contributed by atoms with Crippen LogP contribution in [-0.4, -0.2) is 35.4 Å². The summed E-state index contributed by atoms with van der Waals surface area (Å²) in [5.41, 5.74) is 0.895. The van der Waals surface area contributed by atoms with E-state index in [-0.39, 0.29) is 0 Å². The van der Waals surface area contributed by atoms with Gasteiger partial charge in [-0.25, -0.2) is 13.4 Å². The van der Waals surface area contributed by atoms with Crippen LogP contribution >= 0.6 is 0 Å². The predicted molar refractivity (Wildman–Crippen MR) is 90.9 cm³/mol. The lowest BCUT2D eigenvalue weighted by Gasteiger charge is -2.30. The van der Waals surface area contributed by atoms with Crippen molar-refractivity contribution in [3.05, 3.63) is 60.0 Å². The zero-order chi connectivity index (χ0) is 16.1. The Bertz CT molecular complexity index is 731. The lowest BCUT2D eigenvalue weighted by Crippen LogP contribution is -2.38. The zero-order valence-electron chi connectivity index (χ0n) is 13.0. The highest BCUT2D eigenvalue weighted by Crippen LogP contribution is 2.22. The van der Waals surface area contributed by atoms with Gasteiger partial charge in [0.25, 0.3) is 0 Å². The molecule has 2 heterocycles. The molecular weight excluding hydrogens is 310 g/mol. The first-order chi connectivity index (χ1) is 11.1. The van der Waals surface area contributed by atoms with Crippen LogP contribution in [0.3, 0.4) is 0 Å². The average molecular weight is 331 g/mol. The van der Waals surface area contributed by atoms with Gasteiger partial charge in [0.2, 0.25) is 10.0 Å². The summed E-state index contributed by atoms with van der Waals surface area (Å²) < 4.78 is 28.5. The first-order valence-corrected chi connectivity index (χ1v) is 9.33. The van der Waals surface area contributed by atoms with E-state index >= 15 is 0 Å². The standard InChI is InChI=1S/C17H21N3O2S/c21-23(22,13-8-16-4-2-1-3-5-16)20-10-6-17(7-11-20)14-19-12-9-18-15-19/h1-5,8-9,12-13,15,17H,6-7,10-11,14H2/b13-8+. The number of sulfonamides is 1. The molecule has 0 spiro atoms. The fourth-order valence-corrected chi connectivity index (χ4v) is 4.07. The largest absolute Gasteiger partial charge is 0.337 e. The molecule has 1 aromatic heterocycles. The Morgan fingerprint density at radius 3 is 2.57 bits per heavy atom. The molecule has 0 unspecified atom stereocenters. The highest BCUT2D eigenvalue weighted by Gasteiger charge is 2.26. The van der Waals surface area contributed by atoms with E-state index in [1.807, 2.05) is 42.9 Å². The van der Waals surface area contributed by atoms with Gasteiger partial charge in [-0.15, -0.1) is 0 Å². The maximum Gasteiger partial charge on any atom is 0.236 e. The van der Waals surface area contributed by atoms with Gasteiger partial charge in [-0.2, -0.15) is 4.31 Å². The van der Waals surface area contributed by atoms with Crippen molar-refractivity contribution in [2.24, 2.45) is 5.92 Å². The van der Waals surface area contributed by atoms with Crippen molar-refractivity contribution >= 4 is 16.1 Å². The van der Waals surface area contributed by atoms with Crippen LogP contribution in [0, 0.1) is 5.92 Å². The number of imidazole rings is 1. The van der Waals surface area contributed by atoms with Crippen molar-refractivity contribution < 1.29 is 8.42 Å². The van der Waals surface area contributed by atoms with E-state index in [2.05, 4.69) is 9.55 Å². The summed E-state index contributed by atoms with van der Waals surface area (Å²) >= 11 is 0. The Balaban J connectivity index is 1.57. The summed E-state index contributed by atoms with van der Waals surface area (Å²) in [4.78, 5) is 4.04. The van der Waals surface area contributed by atoms with Crippen LogP contribution < -0.4 is 0 Å². The first-order valence-electron chi connectivity index (χ1n) is 7.82. The molecule has 5 nitrogen and oxygen atoms in total. The van der Waals surface area contributed by atoms with Gasteiger partial charge in [0.05, 0.1) is 6.33 Å². The molecule has 6 heteroatoms. The van der Waals surface area contributed by atoms with Gasteiger partial charge < -0.3 is 4.57 Å². The number of benzene rings is 1. The SMILES string of the molecule is O=S(=O)(/C=C/c1ccccc1)N1CCC(Cn2ccnc2)CC1. The molecule has 0 saturated carbocycles. The molecule has 2 aromatic rings. The highest BCUT2D eigenvalue weighted by molar-refractivity contribution is 7.92. The van der Waals surface area contributed by atoms with Crippen LogP contribution in [0.25, 0.3) is 6.08 Å². The second kappa shape index (κ2) is 7.10. The van der Waals surface area contributed by atoms with Crippen LogP contribution in [0.2, 0.25) is 0 Å². The molecule has 1 aromatic carbocycles. The third-order valence-electron chi connectivity index (χ3n) is 4.19. The number of aromatic nitrogens is 2. The van der Waals surface area contributed by atoms with Gasteiger partial charge in [-0.3, -0.25) is 0 Å². The van der Waals surface area contributed by atoms with E-state index in [4.69, 9.17) is 0 Å². The number of piperidine rings is 1. The molecule has 0 N–H and O–H groups in total. The number of rotatable bonds is 5. The maximum absolute atomic E-state index is 12.4. The summed E-state index contributed by atoms with van der Waals surface area (Å²) in [7, 11) is -3.33. The van der Waals surface area contributed by atoms with Gasteiger partial charge in [-0.05, 0) is 30.4 Å². The lowest BCUT2D eigenvalue weighted by molar-refractivity contribution is 0.254. The molecule has 1 aliphatic rings. The summed E-state index contributed by atoms with van der Waals surface area (Å²) in [6.45, 7) is 2.08. The fraction of sp³-hybridized carbons (Fsp3) is 0.353. The number of hydrogen-bond donors (Lipinski definition) is 0. The van der Waals surface area contributed by atoms with Crippen molar-refractivity contribution in [3.63, 3.8) is 0 Å². The normalized spacial score (nSPS) is 17.7. The lowest BCUT2D eigenvalue weighted by atomic mass is 9.98. The predicted octanol–water partition coefficient (Wildman–Crippen LogP) is 2.60. The van der Waals surface area contributed by atoms with Crippen LogP contribution in [0.5, 0.6) is 0 Å². The van der Waals surface area contributed by atoms with Gasteiger partial charge in [0.1, 0.15) is 0 Å². The molecular formula is C17H21N3O2S. The minimum absolute atomic E-state index is 0.508. The summed E-state index contributed by atoms with van der Waals surface area (Å²) in [6.07, 6.45) is 8.96. The smallest absolute Gasteiger partial charge is 0.236 e. The van der Waals surface area contributed by atoms with E-state index in [9.17, 15) is 8.42 Å². The highest BCUT2D eigenvalue weighted by atomic mass is 32.2.